The molecule has 1 aromatic heterocycles. The molecule has 0 aliphatic heterocycles. The number of rotatable bonds is 1. The molecule has 86 valence electrons. The lowest BCUT2D eigenvalue weighted by molar-refractivity contribution is 0.505. The normalized spacial score (nSPS) is 10.3. The number of nitrogens with two attached hydrogens (primary N) is 1. The average molecular weight is 238 g/mol. The van der Waals surface area contributed by atoms with E-state index in [0.717, 1.165) is 6.20 Å². The Kier molecular flexibility index (Phi) is 2.57. The fourth-order valence-corrected chi connectivity index (χ4v) is 1.50. The first-order valence-electron chi connectivity index (χ1n) is 4.43. The summed E-state index contributed by atoms with van der Waals surface area (Å²) in [6.45, 7) is 0. The topological polar surface area (TPSA) is 74.7 Å². The van der Waals surface area contributed by atoms with Crippen molar-refractivity contribution in [3.05, 3.63) is 35.3 Å². The molecule has 0 bridgehead atoms. The van der Waals surface area contributed by atoms with Gasteiger partial charge in [0.1, 0.15) is 11.6 Å². The maximum absolute atomic E-state index is 13.6. The molecule has 0 saturated heterocycles. The highest BCUT2D eigenvalue weighted by Gasteiger charge is 2.18. The molecule has 17 heavy (non-hydrogen) atoms. The number of halogens is 3. The largest absolute Gasteiger partial charge is 0.322 e. The molecular weight excluding hydrogens is 233 g/mol. The maximum Gasteiger partial charge on any atom is 0.170 e. The van der Waals surface area contributed by atoms with Gasteiger partial charge in [-0.1, -0.05) is 0 Å². The van der Waals surface area contributed by atoms with Crippen molar-refractivity contribution in [2.75, 3.05) is 5.43 Å². The minimum Gasteiger partial charge on any atom is -0.322 e. The zero-order valence-electron chi connectivity index (χ0n) is 8.26. The van der Waals surface area contributed by atoms with Crippen LogP contribution in [0.3, 0.4) is 0 Å². The Morgan fingerprint density at radius 2 is 2.00 bits per heavy atom. The number of nitrogens with zero attached hydrogens (tertiary/aromatic N) is 2. The Balaban J connectivity index is 3.03. The molecule has 0 amide bonds. The van der Waals surface area contributed by atoms with Gasteiger partial charge in [0.25, 0.3) is 0 Å². The Labute approximate surface area is 93.4 Å². The molecule has 0 aliphatic carbocycles. The highest BCUT2D eigenvalue weighted by atomic mass is 19.2. The number of hydrogen-bond donors (Lipinski definition) is 2. The molecule has 0 aliphatic rings. The van der Waals surface area contributed by atoms with Crippen LogP contribution in [0.5, 0.6) is 0 Å². The van der Waals surface area contributed by atoms with E-state index in [4.69, 9.17) is 11.1 Å². The van der Waals surface area contributed by atoms with Gasteiger partial charge in [-0.25, -0.2) is 13.2 Å². The van der Waals surface area contributed by atoms with Crippen LogP contribution in [0.15, 0.2) is 12.3 Å². The summed E-state index contributed by atoms with van der Waals surface area (Å²) >= 11 is 0. The van der Waals surface area contributed by atoms with Crippen LogP contribution < -0.4 is 11.3 Å². The third-order valence-corrected chi connectivity index (χ3v) is 2.25. The van der Waals surface area contributed by atoms with Crippen LogP contribution in [0.25, 0.3) is 10.9 Å². The molecule has 3 N–H and O–H groups in total. The van der Waals surface area contributed by atoms with Gasteiger partial charge in [-0.3, -0.25) is 10.8 Å². The van der Waals surface area contributed by atoms with E-state index < -0.39 is 28.4 Å². The van der Waals surface area contributed by atoms with Gasteiger partial charge in [0, 0.05) is 12.3 Å². The van der Waals surface area contributed by atoms with Crippen LogP contribution in [0.4, 0.5) is 18.9 Å². The summed E-state index contributed by atoms with van der Waals surface area (Å²) in [7, 11) is 0. The second-order valence-electron chi connectivity index (χ2n) is 3.18. The fraction of sp³-hybridized carbons (Fsp3) is 0. The second-order valence-corrected chi connectivity index (χ2v) is 3.18. The van der Waals surface area contributed by atoms with Crippen molar-refractivity contribution in [2.45, 2.75) is 0 Å². The van der Waals surface area contributed by atoms with Gasteiger partial charge in [0.05, 0.1) is 16.6 Å². The first kappa shape index (κ1) is 11.2. The van der Waals surface area contributed by atoms with Crippen molar-refractivity contribution < 1.29 is 13.2 Å². The van der Waals surface area contributed by atoms with E-state index >= 15 is 0 Å². The van der Waals surface area contributed by atoms with Crippen LogP contribution in [-0.4, -0.2) is 4.98 Å². The van der Waals surface area contributed by atoms with E-state index in [1.54, 1.807) is 6.07 Å². The van der Waals surface area contributed by atoms with E-state index in [1.165, 1.54) is 0 Å². The van der Waals surface area contributed by atoms with E-state index in [-0.39, 0.29) is 11.3 Å². The van der Waals surface area contributed by atoms with Crippen LogP contribution in [0, 0.1) is 28.8 Å². The number of fused-ring (bicyclic) bond motifs is 1. The first-order valence-corrected chi connectivity index (χ1v) is 4.43. The SMILES string of the molecule is N#Cc1cnc2c(F)cc(F)c(F)c2c1NN. The minimum absolute atomic E-state index is 0.107. The molecule has 0 radical (unpaired) electrons. The zero-order chi connectivity index (χ0) is 12.6. The van der Waals surface area contributed by atoms with Crippen molar-refractivity contribution in [1.29, 1.82) is 5.26 Å². The Morgan fingerprint density at radius 3 is 2.59 bits per heavy atom. The quantitative estimate of drug-likeness (QED) is 0.451. The maximum atomic E-state index is 13.6. The molecule has 2 rings (SSSR count). The summed E-state index contributed by atoms with van der Waals surface area (Å²) in [5.74, 6) is 1.41. The van der Waals surface area contributed by atoms with Crippen molar-refractivity contribution >= 4 is 16.6 Å². The van der Waals surface area contributed by atoms with Gasteiger partial charge in [0.2, 0.25) is 0 Å². The van der Waals surface area contributed by atoms with Gasteiger partial charge >= 0.3 is 0 Å². The monoisotopic (exact) mass is 238 g/mol. The Hall–Kier alpha value is -2.33. The molecule has 0 saturated carbocycles. The predicted molar refractivity (Wildman–Crippen MR) is 54.1 cm³/mol. The molecule has 4 nitrogen and oxygen atoms in total. The molecule has 7 heteroatoms. The summed E-state index contributed by atoms with van der Waals surface area (Å²) in [4.78, 5) is 3.56. The highest BCUT2D eigenvalue weighted by molar-refractivity contribution is 5.94. The fourth-order valence-electron chi connectivity index (χ4n) is 1.50. The molecule has 1 heterocycles. The number of nitriles is 1. The molecule has 0 atom stereocenters. The number of anilines is 1. The van der Waals surface area contributed by atoms with Crippen molar-refractivity contribution in [3.8, 4) is 6.07 Å². The molecule has 0 fully saturated rings. The minimum atomic E-state index is -1.37. The number of pyridine rings is 1. The van der Waals surface area contributed by atoms with Crippen LogP contribution in [0.1, 0.15) is 5.56 Å². The van der Waals surface area contributed by atoms with Gasteiger partial charge in [-0.15, -0.1) is 0 Å². The number of hydrazine groups is 1. The summed E-state index contributed by atoms with van der Waals surface area (Å²) < 4.78 is 40.0. The molecular formula is C10H5F3N4. The average Bonchev–Trinajstić information content (AvgIpc) is 2.34. The number of nitrogens with one attached hydrogen (secondary N) is 1. The zero-order valence-corrected chi connectivity index (χ0v) is 8.26. The standard InChI is InChI=1S/C10H5F3N4/c11-5-1-6(12)10-7(8(5)13)9(17-15)4(2-14)3-16-10/h1,3H,15H2,(H,16,17). The van der Waals surface area contributed by atoms with Crippen LogP contribution >= 0.6 is 0 Å². The lowest BCUT2D eigenvalue weighted by Gasteiger charge is -2.09. The van der Waals surface area contributed by atoms with Crippen molar-refractivity contribution in [3.63, 3.8) is 0 Å². The van der Waals surface area contributed by atoms with Gasteiger partial charge < -0.3 is 5.43 Å². The van der Waals surface area contributed by atoms with E-state index in [9.17, 15) is 13.2 Å². The second kappa shape index (κ2) is 3.92. The molecule has 2 aromatic rings. The molecule has 1 aromatic carbocycles. The number of hydrogen-bond acceptors (Lipinski definition) is 4. The van der Waals surface area contributed by atoms with Gasteiger partial charge in [-0.05, 0) is 0 Å². The van der Waals surface area contributed by atoms with E-state index in [2.05, 4.69) is 4.98 Å². The van der Waals surface area contributed by atoms with Crippen LogP contribution in [0.2, 0.25) is 0 Å². The highest BCUT2D eigenvalue weighted by Crippen LogP contribution is 2.30. The lowest BCUT2D eigenvalue weighted by atomic mass is 10.1. The lowest BCUT2D eigenvalue weighted by Crippen LogP contribution is -2.11. The Morgan fingerprint density at radius 1 is 1.29 bits per heavy atom. The first-order chi connectivity index (χ1) is 8.10. The number of nitrogen functional groups attached to an aromatic ring is 1. The smallest absolute Gasteiger partial charge is 0.170 e. The van der Waals surface area contributed by atoms with Crippen molar-refractivity contribution in [2.24, 2.45) is 5.84 Å². The third-order valence-electron chi connectivity index (χ3n) is 2.25. The van der Waals surface area contributed by atoms with Gasteiger partial charge in [-0.2, -0.15) is 5.26 Å². The van der Waals surface area contributed by atoms with Crippen LogP contribution in [-0.2, 0) is 0 Å². The summed E-state index contributed by atoms with van der Waals surface area (Å²) in [6.07, 6.45) is 1.03. The Bertz CT molecular complexity index is 648. The summed E-state index contributed by atoms with van der Waals surface area (Å²) in [5, 5.41) is 8.26. The van der Waals surface area contributed by atoms with Gasteiger partial charge in [0.15, 0.2) is 17.5 Å². The third kappa shape index (κ3) is 1.55. The molecule has 0 spiro atoms. The predicted octanol–water partition coefficient (Wildman–Crippen LogP) is 1.81. The van der Waals surface area contributed by atoms with Crippen molar-refractivity contribution in [1.82, 2.24) is 4.98 Å². The number of benzene rings is 1. The molecule has 0 unspecified atom stereocenters. The van der Waals surface area contributed by atoms with E-state index in [0.29, 0.717) is 6.07 Å². The summed E-state index contributed by atoms with van der Waals surface area (Å²) in [6, 6.07) is 2.07. The van der Waals surface area contributed by atoms with E-state index in [1.807, 2.05) is 5.43 Å². The summed E-state index contributed by atoms with van der Waals surface area (Å²) in [5.41, 5.74) is 1.35. The number of aromatic nitrogens is 1.